The van der Waals surface area contributed by atoms with Crippen molar-refractivity contribution in [3.8, 4) is 11.3 Å². The van der Waals surface area contributed by atoms with E-state index in [0.29, 0.717) is 22.8 Å². The van der Waals surface area contributed by atoms with Crippen molar-refractivity contribution in [2.24, 2.45) is 5.41 Å². The first-order valence-corrected chi connectivity index (χ1v) is 10.0. The van der Waals surface area contributed by atoms with Crippen LogP contribution < -0.4 is 4.90 Å². The summed E-state index contributed by atoms with van der Waals surface area (Å²) in [6.45, 7) is 7.70. The fourth-order valence-corrected chi connectivity index (χ4v) is 3.73. The van der Waals surface area contributed by atoms with Gasteiger partial charge in [-0.15, -0.1) is 0 Å². The second-order valence-electron chi connectivity index (χ2n) is 8.99. The molecule has 1 saturated heterocycles. The van der Waals surface area contributed by atoms with Gasteiger partial charge in [0.2, 0.25) is 0 Å². The number of carbonyl (C=O) groups is 1. The van der Waals surface area contributed by atoms with Crippen LogP contribution in [-0.2, 0) is 0 Å². The number of aromatic amines is 1. The Hall–Kier alpha value is -2.80. The van der Waals surface area contributed by atoms with Gasteiger partial charge in [0.1, 0.15) is 11.3 Å². The van der Waals surface area contributed by atoms with Gasteiger partial charge in [-0.25, -0.2) is 15.0 Å². The lowest BCUT2D eigenvalue weighted by Crippen LogP contribution is -2.31. The van der Waals surface area contributed by atoms with E-state index in [0.717, 1.165) is 36.6 Å². The van der Waals surface area contributed by atoms with E-state index in [9.17, 15) is 4.79 Å². The lowest BCUT2D eigenvalue weighted by atomic mass is 9.87. The predicted octanol–water partition coefficient (Wildman–Crippen LogP) is 3.39. The van der Waals surface area contributed by atoms with E-state index in [1.54, 1.807) is 12.4 Å². The number of aromatic nitrogens is 4. The van der Waals surface area contributed by atoms with E-state index in [1.165, 1.54) is 0 Å². The molecule has 0 radical (unpaired) electrons. The number of H-pyrrole nitrogens is 1. The van der Waals surface area contributed by atoms with Gasteiger partial charge in [0.05, 0.1) is 17.5 Å². The highest BCUT2D eigenvalue weighted by Gasteiger charge is 2.27. The Labute approximate surface area is 171 Å². The molecule has 3 aromatic rings. The fourth-order valence-electron chi connectivity index (χ4n) is 3.73. The molecule has 152 valence electrons. The Kier molecular flexibility index (Phi) is 4.86. The minimum Gasteiger partial charge on any atom is -0.355 e. The number of Topliss-reactive ketones (excluding diaryl/α,β-unsaturated/α-hetero) is 1. The molecule has 0 spiro atoms. The first-order valence-electron chi connectivity index (χ1n) is 10.0. The van der Waals surface area contributed by atoms with Crippen LogP contribution in [0.3, 0.4) is 0 Å². The smallest absolute Gasteiger partial charge is 0.171 e. The number of pyridine rings is 1. The number of hydrogen-bond donors (Lipinski definition) is 1. The van der Waals surface area contributed by atoms with Gasteiger partial charge in [-0.05, 0) is 32.6 Å². The van der Waals surface area contributed by atoms with Crippen LogP contribution in [0, 0.1) is 5.41 Å². The summed E-state index contributed by atoms with van der Waals surface area (Å²) < 4.78 is 0. The molecular weight excluding hydrogens is 364 g/mol. The molecule has 7 nitrogen and oxygen atoms in total. The molecule has 0 bridgehead atoms. The third-order valence-corrected chi connectivity index (χ3v) is 5.57. The number of nitrogens with one attached hydrogen (secondary N) is 1. The molecule has 1 aliphatic heterocycles. The molecule has 1 atom stereocenters. The van der Waals surface area contributed by atoms with Crippen molar-refractivity contribution in [2.45, 2.75) is 33.2 Å². The highest BCUT2D eigenvalue weighted by molar-refractivity contribution is 6.08. The van der Waals surface area contributed by atoms with E-state index >= 15 is 0 Å². The van der Waals surface area contributed by atoms with Gasteiger partial charge in [0, 0.05) is 42.5 Å². The summed E-state index contributed by atoms with van der Waals surface area (Å²) in [6.07, 6.45) is 6.41. The van der Waals surface area contributed by atoms with Crippen molar-refractivity contribution < 1.29 is 4.79 Å². The van der Waals surface area contributed by atoms with E-state index in [1.807, 2.05) is 33.0 Å². The Morgan fingerprint density at radius 2 is 2.07 bits per heavy atom. The summed E-state index contributed by atoms with van der Waals surface area (Å²) in [5.41, 5.74) is 3.05. The number of nitrogens with zero attached hydrogens (tertiary/aromatic N) is 5. The van der Waals surface area contributed by atoms with Crippen LogP contribution in [0.1, 0.15) is 37.6 Å². The number of ketones is 1. The number of carbonyl (C=O) groups excluding carboxylic acids is 1. The van der Waals surface area contributed by atoms with Crippen molar-refractivity contribution in [1.82, 2.24) is 24.8 Å². The van der Waals surface area contributed by atoms with Crippen LogP contribution in [0.15, 0.2) is 30.7 Å². The maximum absolute atomic E-state index is 12.8. The van der Waals surface area contributed by atoms with E-state index in [4.69, 9.17) is 4.98 Å². The molecule has 0 aromatic carbocycles. The average molecular weight is 393 g/mol. The van der Waals surface area contributed by atoms with E-state index < -0.39 is 5.41 Å². The molecule has 4 heterocycles. The van der Waals surface area contributed by atoms with Gasteiger partial charge in [0.25, 0.3) is 0 Å². The zero-order valence-electron chi connectivity index (χ0n) is 17.7. The fraction of sp³-hybridized carbons (Fsp3) is 0.455. The molecule has 1 N–H and O–H groups in total. The molecule has 7 heteroatoms. The van der Waals surface area contributed by atoms with Gasteiger partial charge in [-0.2, -0.15) is 0 Å². The third kappa shape index (κ3) is 3.74. The Morgan fingerprint density at radius 3 is 2.76 bits per heavy atom. The second-order valence-corrected chi connectivity index (χ2v) is 8.99. The Bertz CT molecular complexity index is 1050. The van der Waals surface area contributed by atoms with Crippen molar-refractivity contribution >= 4 is 22.8 Å². The maximum Gasteiger partial charge on any atom is 0.171 e. The van der Waals surface area contributed by atoms with Crippen molar-refractivity contribution in [3.63, 3.8) is 0 Å². The van der Waals surface area contributed by atoms with Gasteiger partial charge in [-0.3, -0.25) is 4.79 Å². The van der Waals surface area contributed by atoms with Crippen LogP contribution in [0.2, 0.25) is 0 Å². The normalized spacial score (nSPS) is 17.4. The standard InChI is InChI=1S/C22H28N6O/c1-22(2,3)20(29)16-11-24-21-19(16)26-17(12-25-21)14-6-8-23-18(10-14)28-9-7-15(13-28)27(4)5/h6,8,10-12,15H,7,9,13H2,1-5H3,(H,24,25). The topological polar surface area (TPSA) is 78.0 Å². The molecule has 0 amide bonds. The molecule has 1 fully saturated rings. The highest BCUT2D eigenvalue weighted by atomic mass is 16.1. The van der Waals surface area contributed by atoms with E-state index in [-0.39, 0.29) is 5.78 Å². The minimum absolute atomic E-state index is 0.0532. The van der Waals surface area contributed by atoms with E-state index in [2.05, 4.69) is 44.9 Å². The summed E-state index contributed by atoms with van der Waals surface area (Å²) in [5.74, 6) is 1.01. The number of likely N-dealkylation sites (N-methyl/N-ethyl adjacent to an activating group) is 1. The predicted molar refractivity (Wildman–Crippen MR) is 115 cm³/mol. The third-order valence-electron chi connectivity index (χ3n) is 5.57. The first-order chi connectivity index (χ1) is 13.7. The quantitative estimate of drug-likeness (QED) is 0.686. The molecular formula is C22H28N6O. The summed E-state index contributed by atoms with van der Waals surface area (Å²) in [4.78, 5) is 34.3. The number of rotatable bonds is 4. The molecule has 4 rings (SSSR count). The Morgan fingerprint density at radius 1 is 1.28 bits per heavy atom. The number of hydrogen-bond acceptors (Lipinski definition) is 6. The molecule has 0 aliphatic carbocycles. The second kappa shape index (κ2) is 7.22. The summed E-state index contributed by atoms with van der Waals surface area (Å²) >= 11 is 0. The maximum atomic E-state index is 12.8. The monoisotopic (exact) mass is 392 g/mol. The Balaban J connectivity index is 1.68. The van der Waals surface area contributed by atoms with Crippen molar-refractivity contribution in [1.29, 1.82) is 0 Å². The van der Waals surface area contributed by atoms with Crippen LogP contribution in [0.25, 0.3) is 22.4 Å². The first kappa shape index (κ1) is 19.5. The largest absolute Gasteiger partial charge is 0.355 e. The SMILES string of the molecule is CN(C)C1CCN(c2cc(-c3cnc4[nH]cc(C(=O)C(C)(C)C)c4n3)ccn2)C1. The van der Waals surface area contributed by atoms with Crippen LogP contribution in [-0.4, -0.2) is 63.8 Å². The lowest BCUT2D eigenvalue weighted by molar-refractivity contribution is 0.0860. The van der Waals surface area contributed by atoms with Gasteiger partial charge < -0.3 is 14.8 Å². The van der Waals surface area contributed by atoms with Crippen LogP contribution >= 0.6 is 0 Å². The van der Waals surface area contributed by atoms with Crippen LogP contribution in [0.5, 0.6) is 0 Å². The van der Waals surface area contributed by atoms with Crippen molar-refractivity contribution in [2.75, 3.05) is 32.1 Å². The van der Waals surface area contributed by atoms with Crippen LogP contribution in [0.4, 0.5) is 5.82 Å². The zero-order chi connectivity index (χ0) is 20.8. The molecule has 3 aromatic heterocycles. The highest BCUT2D eigenvalue weighted by Crippen LogP contribution is 2.28. The molecule has 29 heavy (non-hydrogen) atoms. The summed E-state index contributed by atoms with van der Waals surface area (Å²) in [5, 5.41) is 0. The zero-order valence-corrected chi connectivity index (χ0v) is 17.7. The summed E-state index contributed by atoms with van der Waals surface area (Å²) in [7, 11) is 4.24. The number of fused-ring (bicyclic) bond motifs is 1. The van der Waals surface area contributed by atoms with Gasteiger partial charge in [-0.1, -0.05) is 20.8 Å². The van der Waals surface area contributed by atoms with Gasteiger partial charge in [0.15, 0.2) is 11.4 Å². The average Bonchev–Trinajstić information content (AvgIpc) is 3.34. The molecule has 1 unspecified atom stereocenters. The minimum atomic E-state index is -0.477. The molecule has 1 aliphatic rings. The van der Waals surface area contributed by atoms with Gasteiger partial charge >= 0.3 is 0 Å². The summed E-state index contributed by atoms with van der Waals surface area (Å²) in [6, 6.07) is 4.55. The molecule has 0 saturated carbocycles. The number of anilines is 1. The lowest BCUT2D eigenvalue weighted by Gasteiger charge is -2.21. The van der Waals surface area contributed by atoms with Crippen molar-refractivity contribution in [3.05, 3.63) is 36.3 Å².